The number of aliphatic imine (C=N–C) groups is 1. The first kappa shape index (κ1) is 16.1. The molecular weight excluding hydrogens is 337 g/mol. The lowest BCUT2D eigenvalue weighted by molar-refractivity contribution is 0.396. The van der Waals surface area contributed by atoms with Crippen molar-refractivity contribution in [2.45, 2.75) is 52.0 Å². The van der Waals surface area contributed by atoms with E-state index in [1.54, 1.807) is 0 Å². The van der Waals surface area contributed by atoms with Crippen LogP contribution in [0.3, 0.4) is 0 Å². The molecular formula is C14H28IN3. The number of hydrogen-bond acceptors (Lipinski definition) is 1. The van der Waals surface area contributed by atoms with Gasteiger partial charge in [-0.2, -0.15) is 0 Å². The van der Waals surface area contributed by atoms with Crippen molar-refractivity contribution in [1.82, 2.24) is 10.6 Å². The standard InChI is InChI=1S/C14H27N3.HI/c1-14(2,3)17-13(15-4)16-9-12(10-5-6-10)11-7-8-11;/h10-12H,5-9H2,1-4H3,(H2,15,16,17);1H. The van der Waals surface area contributed by atoms with Crippen LogP contribution in [0.15, 0.2) is 4.99 Å². The molecule has 2 aliphatic carbocycles. The van der Waals surface area contributed by atoms with E-state index in [1.165, 1.54) is 25.7 Å². The molecule has 0 aliphatic heterocycles. The van der Waals surface area contributed by atoms with Crippen molar-refractivity contribution in [3.05, 3.63) is 0 Å². The molecule has 2 rings (SSSR count). The van der Waals surface area contributed by atoms with Crippen molar-refractivity contribution in [2.75, 3.05) is 13.6 Å². The maximum atomic E-state index is 4.30. The zero-order valence-electron chi connectivity index (χ0n) is 12.1. The van der Waals surface area contributed by atoms with E-state index in [0.29, 0.717) is 0 Å². The highest BCUT2D eigenvalue weighted by Crippen LogP contribution is 2.48. The summed E-state index contributed by atoms with van der Waals surface area (Å²) < 4.78 is 0. The quantitative estimate of drug-likeness (QED) is 0.457. The molecule has 0 radical (unpaired) electrons. The molecule has 4 heteroatoms. The average molecular weight is 365 g/mol. The summed E-state index contributed by atoms with van der Waals surface area (Å²) in [5, 5.41) is 6.93. The van der Waals surface area contributed by atoms with Gasteiger partial charge >= 0.3 is 0 Å². The number of rotatable bonds is 4. The molecule has 2 aliphatic rings. The molecule has 18 heavy (non-hydrogen) atoms. The Kier molecular flexibility index (Phi) is 5.74. The minimum Gasteiger partial charge on any atom is -0.356 e. The number of nitrogens with one attached hydrogen (secondary N) is 2. The summed E-state index contributed by atoms with van der Waals surface area (Å²) in [4.78, 5) is 4.30. The molecule has 2 saturated carbocycles. The molecule has 0 heterocycles. The summed E-state index contributed by atoms with van der Waals surface area (Å²) >= 11 is 0. The zero-order chi connectivity index (χ0) is 12.5. The Bertz CT molecular complexity index is 276. The van der Waals surface area contributed by atoms with Gasteiger partial charge in [-0.15, -0.1) is 24.0 Å². The Hall–Kier alpha value is 0. The van der Waals surface area contributed by atoms with Gasteiger partial charge in [0.05, 0.1) is 0 Å². The van der Waals surface area contributed by atoms with Crippen LogP contribution in [0.25, 0.3) is 0 Å². The minimum absolute atomic E-state index is 0. The van der Waals surface area contributed by atoms with E-state index in [9.17, 15) is 0 Å². The summed E-state index contributed by atoms with van der Waals surface area (Å²) in [7, 11) is 1.85. The van der Waals surface area contributed by atoms with Crippen LogP contribution in [-0.4, -0.2) is 25.1 Å². The molecule has 2 fully saturated rings. The molecule has 0 aromatic heterocycles. The molecule has 0 unspecified atom stereocenters. The van der Waals surface area contributed by atoms with Crippen molar-refractivity contribution in [2.24, 2.45) is 22.7 Å². The maximum Gasteiger partial charge on any atom is 0.191 e. The van der Waals surface area contributed by atoms with Gasteiger partial charge in [0.1, 0.15) is 0 Å². The minimum atomic E-state index is 0. The van der Waals surface area contributed by atoms with Gasteiger partial charge in [-0.05, 0) is 64.2 Å². The second-order valence-electron chi connectivity index (χ2n) is 6.67. The van der Waals surface area contributed by atoms with Crippen LogP contribution < -0.4 is 10.6 Å². The second kappa shape index (κ2) is 6.44. The van der Waals surface area contributed by atoms with Gasteiger partial charge < -0.3 is 10.6 Å². The highest BCUT2D eigenvalue weighted by Gasteiger charge is 2.41. The third kappa shape index (κ3) is 5.33. The lowest BCUT2D eigenvalue weighted by Gasteiger charge is -2.25. The lowest BCUT2D eigenvalue weighted by atomic mass is 9.98. The third-order valence-electron chi connectivity index (χ3n) is 3.68. The smallest absolute Gasteiger partial charge is 0.191 e. The molecule has 0 bridgehead atoms. The number of nitrogens with zero attached hydrogens (tertiary/aromatic N) is 1. The fourth-order valence-electron chi connectivity index (χ4n) is 2.52. The Morgan fingerprint density at radius 3 is 2.00 bits per heavy atom. The summed E-state index contributed by atoms with van der Waals surface area (Å²) in [6.45, 7) is 7.60. The molecule has 0 aromatic rings. The molecule has 2 N–H and O–H groups in total. The highest BCUT2D eigenvalue weighted by atomic mass is 127. The van der Waals surface area contributed by atoms with Crippen LogP contribution >= 0.6 is 24.0 Å². The summed E-state index contributed by atoms with van der Waals surface area (Å²) in [6.07, 6.45) is 5.81. The van der Waals surface area contributed by atoms with Gasteiger partial charge in [0.2, 0.25) is 0 Å². The molecule has 3 nitrogen and oxygen atoms in total. The molecule has 0 saturated heterocycles. The topological polar surface area (TPSA) is 36.4 Å². The molecule has 0 amide bonds. The van der Waals surface area contributed by atoms with Crippen molar-refractivity contribution in [3.63, 3.8) is 0 Å². The third-order valence-corrected chi connectivity index (χ3v) is 3.68. The normalized spacial score (nSPS) is 20.6. The van der Waals surface area contributed by atoms with E-state index in [0.717, 1.165) is 30.3 Å². The monoisotopic (exact) mass is 365 g/mol. The Morgan fingerprint density at radius 2 is 1.67 bits per heavy atom. The first-order valence-electron chi connectivity index (χ1n) is 6.98. The van der Waals surface area contributed by atoms with Crippen LogP contribution in [0.4, 0.5) is 0 Å². The van der Waals surface area contributed by atoms with E-state index in [-0.39, 0.29) is 29.5 Å². The van der Waals surface area contributed by atoms with Gasteiger partial charge in [-0.1, -0.05) is 0 Å². The van der Waals surface area contributed by atoms with Gasteiger partial charge in [0, 0.05) is 19.1 Å². The Morgan fingerprint density at radius 1 is 1.17 bits per heavy atom. The van der Waals surface area contributed by atoms with Crippen molar-refractivity contribution < 1.29 is 0 Å². The molecule has 106 valence electrons. The van der Waals surface area contributed by atoms with Crippen LogP contribution in [0.2, 0.25) is 0 Å². The van der Waals surface area contributed by atoms with E-state index in [2.05, 4.69) is 36.4 Å². The fourth-order valence-corrected chi connectivity index (χ4v) is 2.52. The summed E-state index contributed by atoms with van der Waals surface area (Å²) in [6, 6.07) is 0. The van der Waals surface area contributed by atoms with Gasteiger partial charge in [-0.25, -0.2) is 0 Å². The predicted molar refractivity (Wildman–Crippen MR) is 88.6 cm³/mol. The number of halogens is 1. The predicted octanol–water partition coefficient (Wildman–Crippen LogP) is 3.00. The lowest BCUT2D eigenvalue weighted by Crippen LogP contribution is -2.48. The van der Waals surface area contributed by atoms with Crippen molar-refractivity contribution in [1.29, 1.82) is 0 Å². The Balaban J connectivity index is 0.00000162. The fraction of sp³-hybridized carbons (Fsp3) is 0.929. The average Bonchev–Trinajstić information content (AvgIpc) is 3.08. The summed E-state index contributed by atoms with van der Waals surface area (Å²) in [5.41, 5.74) is 0.0799. The Labute approximate surface area is 129 Å². The number of guanidine groups is 1. The first-order chi connectivity index (χ1) is 7.99. The van der Waals surface area contributed by atoms with Crippen LogP contribution in [0.5, 0.6) is 0 Å². The maximum absolute atomic E-state index is 4.30. The number of hydrogen-bond donors (Lipinski definition) is 2. The van der Waals surface area contributed by atoms with Crippen molar-refractivity contribution >= 4 is 29.9 Å². The molecule has 0 atom stereocenters. The first-order valence-corrected chi connectivity index (χ1v) is 6.98. The van der Waals surface area contributed by atoms with Crippen LogP contribution in [-0.2, 0) is 0 Å². The van der Waals surface area contributed by atoms with Crippen molar-refractivity contribution in [3.8, 4) is 0 Å². The SMILES string of the molecule is CN=C(NCC(C1CC1)C1CC1)NC(C)(C)C.I. The zero-order valence-corrected chi connectivity index (χ0v) is 14.5. The van der Waals surface area contributed by atoms with Gasteiger partial charge in [-0.3, -0.25) is 4.99 Å². The molecule has 0 spiro atoms. The second-order valence-corrected chi connectivity index (χ2v) is 6.67. The summed E-state index contributed by atoms with van der Waals surface area (Å²) in [5.74, 6) is 3.85. The van der Waals surface area contributed by atoms with E-state index >= 15 is 0 Å². The van der Waals surface area contributed by atoms with Gasteiger partial charge in [0.15, 0.2) is 5.96 Å². The van der Waals surface area contributed by atoms with Crippen LogP contribution in [0.1, 0.15) is 46.5 Å². The van der Waals surface area contributed by atoms with Gasteiger partial charge in [0.25, 0.3) is 0 Å². The van der Waals surface area contributed by atoms with E-state index < -0.39 is 0 Å². The van der Waals surface area contributed by atoms with Crippen LogP contribution in [0, 0.1) is 17.8 Å². The van der Waals surface area contributed by atoms with E-state index in [1.807, 2.05) is 7.05 Å². The highest BCUT2D eigenvalue weighted by molar-refractivity contribution is 14.0. The molecule has 0 aromatic carbocycles. The largest absolute Gasteiger partial charge is 0.356 e. The van der Waals surface area contributed by atoms with E-state index in [4.69, 9.17) is 0 Å².